The van der Waals surface area contributed by atoms with Gasteiger partial charge in [-0.05, 0) is 72.8 Å². The minimum Gasteiger partial charge on any atom is -0.311 e. The maximum absolute atomic E-state index is 3.50. The van der Waals surface area contributed by atoms with Crippen molar-refractivity contribution in [3.05, 3.63) is 86.2 Å². The summed E-state index contributed by atoms with van der Waals surface area (Å²) in [5, 5.41) is 0. The normalized spacial score (nSPS) is 10.0. The molecule has 0 aliphatic rings. The summed E-state index contributed by atoms with van der Waals surface area (Å²) in [4.78, 5) is 2.23. The molecule has 3 rings (SSSR count). The number of rotatable bonds is 3. The number of nitrogens with zero attached hydrogens (tertiary/aromatic N) is 1. The second-order valence-corrected chi connectivity index (χ2v) is 7.51. The van der Waals surface area contributed by atoms with Gasteiger partial charge in [-0.1, -0.05) is 47.8 Å². The van der Waals surface area contributed by atoms with Crippen LogP contribution in [0.2, 0.25) is 0 Å². The van der Waals surface area contributed by atoms with Gasteiger partial charge >= 0.3 is 0 Å². The molecule has 0 fully saturated rings. The Morgan fingerprint density at radius 2 is 0.652 bits per heavy atom. The Kier molecular flexibility index (Phi) is 7.21. The zero-order valence-corrected chi connectivity index (χ0v) is 19.3. The molecule has 3 aromatic carbocycles. The van der Waals surface area contributed by atoms with Gasteiger partial charge in [-0.15, -0.1) is 0 Å². The third-order valence-electron chi connectivity index (χ3n) is 3.25. The zero-order valence-electron chi connectivity index (χ0n) is 12.0. The Bertz CT molecular complexity index is 648. The summed E-state index contributed by atoms with van der Waals surface area (Å²) < 4.78 is 3.22. The van der Waals surface area contributed by atoms with Crippen LogP contribution in [0.4, 0.5) is 17.1 Å². The van der Waals surface area contributed by atoms with E-state index < -0.39 is 0 Å². The van der Waals surface area contributed by atoms with E-state index in [1.807, 2.05) is 0 Å². The fourth-order valence-electron chi connectivity index (χ4n) is 2.22. The molecular weight excluding hydrogens is 592 g/mol. The largest absolute Gasteiger partial charge is 0.311 e. The molecule has 115 valence electrons. The molecule has 0 heterocycles. The third-order valence-corrected chi connectivity index (χ3v) is 4.84. The molecule has 0 saturated carbocycles. The molecule has 1 nitrogen and oxygen atoms in total. The van der Waals surface area contributed by atoms with Crippen LogP contribution in [0.5, 0.6) is 0 Å². The van der Waals surface area contributed by atoms with Crippen molar-refractivity contribution in [3.8, 4) is 0 Å². The van der Waals surface area contributed by atoms with Crippen LogP contribution in [0.15, 0.2) is 86.2 Å². The van der Waals surface area contributed by atoms with Crippen LogP contribution in [-0.4, -0.2) is 24.4 Å². The number of hydrogen-bond acceptors (Lipinski definition) is 1. The van der Waals surface area contributed by atoms with E-state index in [4.69, 9.17) is 0 Å². The van der Waals surface area contributed by atoms with Crippen molar-refractivity contribution in [2.45, 2.75) is 0 Å². The molecule has 0 N–H and O–H groups in total. The van der Waals surface area contributed by atoms with E-state index in [-0.39, 0.29) is 24.4 Å². The molecule has 23 heavy (non-hydrogen) atoms. The number of halogens is 3. The van der Waals surface area contributed by atoms with Crippen molar-refractivity contribution < 1.29 is 0 Å². The Balaban J connectivity index is 0.00000192. The van der Waals surface area contributed by atoms with Gasteiger partial charge in [0.05, 0.1) is 0 Å². The summed E-state index contributed by atoms with van der Waals surface area (Å²) in [7, 11) is 0. The van der Waals surface area contributed by atoms with E-state index in [1.165, 1.54) is 0 Å². The molecule has 0 bridgehead atoms. The van der Waals surface area contributed by atoms with Crippen molar-refractivity contribution in [1.82, 2.24) is 0 Å². The number of benzene rings is 3. The monoisotopic (exact) mass is 600 g/mol. The topological polar surface area (TPSA) is 3.24 Å². The molecule has 0 atom stereocenters. The molecule has 0 aliphatic carbocycles. The average molecular weight is 604 g/mol. The minimum absolute atomic E-state index is 0. The zero-order chi connectivity index (χ0) is 15.5. The SMILES string of the molecule is Brc1ccc(N(c2ccc(Br)cc2)c2ccc(Br)cc2)cc1.[Sb]. The molecule has 0 aromatic heterocycles. The van der Waals surface area contributed by atoms with Gasteiger partial charge in [-0.25, -0.2) is 0 Å². The molecule has 5 heteroatoms. The van der Waals surface area contributed by atoms with Crippen molar-refractivity contribution in [2.75, 3.05) is 4.90 Å². The molecule has 0 unspecified atom stereocenters. The summed E-state index contributed by atoms with van der Waals surface area (Å²) >= 11 is 10.5. The Labute approximate surface area is 178 Å². The summed E-state index contributed by atoms with van der Waals surface area (Å²) in [5.74, 6) is 0. The van der Waals surface area contributed by atoms with E-state index in [0.29, 0.717) is 0 Å². The fraction of sp³-hybridized carbons (Fsp3) is 0. The molecule has 3 radical (unpaired) electrons. The summed E-state index contributed by atoms with van der Waals surface area (Å²) in [5.41, 5.74) is 3.36. The van der Waals surface area contributed by atoms with E-state index in [9.17, 15) is 0 Å². The summed E-state index contributed by atoms with van der Waals surface area (Å²) in [6.45, 7) is 0. The van der Waals surface area contributed by atoms with Crippen LogP contribution in [0.3, 0.4) is 0 Å². The Morgan fingerprint density at radius 1 is 0.435 bits per heavy atom. The first-order valence-electron chi connectivity index (χ1n) is 6.70. The quantitative estimate of drug-likeness (QED) is 0.290. The average Bonchev–Trinajstić information content (AvgIpc) is 2.53. The predicted octanol–water partition coefficient (Wildman–Crippen LogP) is 7.06. The van der Waals surface area contributed by atoms with Crippen LogP contribution in [-0.2, 0) is 0 Å². The second-order valence-electron chi connectivity index (χ2n) is 4.76. The molecule has 0 amide bonds. The third kappa shape index (κ3) is 4.85. The van der Waals surface area contributed by atoms with Gasteiger partial charge in [-0.2, -0.15) is 0 Å². The van der Waals surface area contributed by atoms with Crippen LogP contribution in [0, 0.1) is 0 Å². The Hall–Kier alpha value is -0.282. The van der Waals surface area contributed by atoms with E-state index in [0.717, 1.165) is 30.5 Å². The number of hydrogen-bond donors (Lipinski definition) is 0. The van der Waals surface area contributed by atoms with Crippen molar-refractivity contribution in [2.24, 2.45) is 0 Å². The van der Waals surface area contributed by atoms with Gasteiger partial charge in [0, 0.05) is 54.9 Å². The van der Waals surface area contributed by atoms with Gasteiger partial charge < -0.3 is 4.90 Å². The smallest absolute Gasteiger partial charge is 0.0462 e. The van der Waals surface area contributed by atoms with E-state index >= 15 is 0 Å². The van der Waals surface area contributed by atoms with Crippen LogP contribution >= 0.6 is 47.8 Å². The first-order valence-corrected chi connectivity index (χ1v) is 9.08. The van der Waals surface area contributed by atoms with Crippen molar-refractivity contribution in [3.63, 3.8) is 0 Å². The molecule has 3 aromatic rings. The summed E-state index contributed by atoms with van der Waals surface area (Å²) in [6, 6.07) is 25.0. The maximum Gasteiger partial charge on any atom is 0.0462 e. The van der Waals surface area contributed by atoms with Crippen molar-refractivity contribution >= 4 is 89.3 Å². The van der Waals surface area contributed by atoms with Crippen molar-refractivity contribution in [1.29, 1.82) is 0 Å². The summed E-state index contributed by atoms with van der Waals surface area (Å²) in [6.07, 6.45) is 0. The first-order chi connectivity index (χ1) is 10.6. The second kappa shape index (κ2) is 8.71. The fourth-order valence-corrected chi connectivity index (χ4v) is 3.01. The van der Waals surface area contributed by atoms with Gasteiger partial charge in [0.2, 0.25) is 0 Å². The van der Waals surface area contributed by atoms with E-state index in [2.05, 4.69) is 125 Å². The predicted molar refractivity (Wildman–Crippen MR) is 110 cm³/mol. The van der Waals surface area contributed by atoms with Crippen LogP contribution in [0.1, 0.15) is 0 Å². The van der Waals surface area contributed by atoms with Gasteiger partial charge in [0.25, 0.3) is 0 Å². The van der Waals surface area contributed by atoms with Gasteiger partial charge in [0.1, 0.15) is 0 Å². The van der Waals surface area contributed by atoms with E-state index in [1.54, 1.807) is 0 Å². The molecule has 0 saturated heterocycles. The molecular formula is C18H12Br3NSb. The number of anilines is 3. The minimum atomic E-state index is 0. The Morgan fingerprint density at radius 3 is 0.870 bits per heavy atom. The maximum atomic E-state index is 3.50. The van der Waals surface area contributed by atoms with Crippen LogP contribution < -0.4 is 4.90 Å². The van der Waals surface area contributed by atoms with Crippen LogP contribution in [0.25, 0.3) is 0 Å². The first kappa shape index (κ1) is 19.0. The van der Waals surface area contributed by atoms with Gasteiger partial charge in [0.15, 0.2) is 0 Å². The standard InChI is InChI=1S/C18H12Br3N.Sb/c19-13-1-7-16(8-2-13)22(17-9-3-14(20)4-10-17)18-11-5-15(21)6-12-18;/h1-12H;. The van der Waals surface area contributed by atoms with Gasteiger partial charge in [-0.3, -0.25) is 0 Å². The molecule has 0 aliphatic heterocycles. The molecule has 0 spiro atoms.